The molecule has 3 aromatic rings. The second kappa shape index (κ2) is 4.10. The van der Waals surface area contributed by atoms with Crippen LogP contribution in [0.2, 0.25) is 5.02 Å². The molecule has 0 spiro atoms. The van der Waals surface area contributed by atoms with Crippen LogP contribution < -0.4 is 0 Å². The molecule has 0 atom stereocenters. The monoisotopic (exact) mass is 257 g/mol. The van der Waals surface area contributed by atoms with Crippen molar-refractivity contribution >= 4 is 22.6 Å². The van der Waals surface area contributed by atoms with Crippen LogP contribution in [0.4, 0.5) is 0 Å². The fourth-order valence-electron chi connectivity index (χ4n) is 2.10. The van der Waals surface area contributed by atoms with Crippen LogP contribution in [0.1, 0.15) is 5.56 Å². The van der Waals surface area contributed by atoms with Gasteiger partial charge in [-0.2, -0.15) is 0 Å². The van der Waals surface area contributed by atoms with E-state index in [2.05, 4.69) is 16.0 Å². The summed E-state index contributed by atoms with van der Waals surface area (Å²) >= 11 is 6.02. The SMILES string of the molecule is Cc1cncc(-c2nc3ccc(Cl)cc3n2C)c1. The highest BCUT2D eigenvalue weighted by atomic mass is 35.5. The Morgan fingerprint density at radius 2 is 2.00 bits per heavy atom. The van der Waals surface area contributed by atoms with Crippen molar-refractivity contribution in [2.24, 2.45) is 7.05 Å². The van der Waals surface area contributed by atoms with Crippen LogP contribution in [0.5, 0.6) is 0 Å². The Balaban J connectivity index is 2.27. The smallest absolute Gasteiger partial charge is 0.142 e. The predicted molar refractivity (Wildman–Crippen MR) is 73.7 cm³/mol. The van der Waals surface area contributed by atoms with Crippen LogP contribution in [0.25, 0.3) is 22.4 Å². The minimum absolute atomic E-state index is 0.722. The first-order valence-corrected chi connectivity index (χ1v) is 6.07. The number of halogens is 1. The van der Waals surface area contributed by atoms with Crippen LogP contribution in [-0.2, 0) is 7.05 Å². The number of fused-ring (bicyclic) bond motifs is 1. The minimum Gasteiger partial charge on any atom is -0.327 e. The van der Waals surface area contributed by atoms with E-state index in [0.29, 0.717) is 0 Å². The number of aromatic nitrogens is 3. The van der Waals surface area contributed by atoms with Crippen molar-refractivity contribution in [3.63, 3.8) is 0 Å². The van der Waals surface area contributed by atoms with E-state index in [9.17, 15) is 0 Å². The first-order valence-electron chi connectivity index (χ1n) is 5.69. The number of hydrogen-bond donors (Lipinski definition) is 0. The van der Waals surface area contributed by atoms with E-state index < -0.39 is 0 Å². The summed E-state index contributed by atoms with van der Waals surface area (Å²) in [4.78, 5) is 8.84. The van der Waals surface area contributed by atoms with Crippen LogP contribution in [0.3, 0.4) is 0 Å². The number of imidazole rings is 1. The maximum atomic E-state index is 6.02. The summed E-state index contributed by atoms with van der Waals surface area (Å²) in [5.41, 5.74) is 4.11. The van der Waals surface area contributed by atoms with Gasteiger partial charge in [0.15, 0.2) is 0 Å². The van der Waals surface area contributed by atoms with Crippen LogP contribution in [0, 0.1) is 6.92 Å². The molecule has 0 radical (unpaired) electrons. The van der Waals surface area contributed by atoms with Crippen LogP contribution in [-0.4, -0.2) is 14.5 Å². The molecule has 0 saturated heterocycles. The van der Waals surface area contributed by atoms with Crippen molar-refractivity contribution in [2.75, 3.05) is 0 Å². The normalized spacial score (nSPS) is 11.1. The third-order valence-electron chi connectivity index (χ3n) is 2.98. The lowest BCUT2D eigenvalue weighted by molar-refractivity contribution is 0.957. The number of benzene rings is 1. The first kappa shape index (κ1) is 11.2. The van der Waals surface area contributed by atoms with Gasteiger partial charge in [-0.05, 0) is 36.8 Å². The summed E-state index contributed by atoms with van der Waals surface area (Å²) in [5.74, 6) is 0.906. The molecular formula is C14H12ClN3. The molecule has 0 unspecified atom stereocenters. The highest BCUT2D eigenvalue weighted by Crippen LogP contribution is 2.25. The van der Waals surface area contributed by atoms with Gasteiger partial charge in [0.05, 0.1) is 11.0 Å². The average molecular weight is 258 g/mol. The third kappa shape index (κ3) is 1.77. The highest BCUT2D eigenvalue weighted by Gasteiger charge is 2.10. The van der Waals surface area contributed by atoms with Gasteiger partial charge in [0.25, 0.3) is 0 Å². The molecule has 3 rings (SSSR count). The lowest BCUT2D eigenvalue weighted by atomic mass is 10.2. The summed E-state index contributed by atoms with van der Waals surface area (Å²) in [6.07, 6.45) is 3.67. The Morgan fingerprint density at radius 3 is 2.78 bits per heavy atom. The molecule has 0 aliphatic carbocycles. The molecule has 1 aromatic carbocycles. The maximum Gasteiger partial charge on any atom is 0.142 e. The predicted octanol–water partition coefficient (Wildman–Crippen LogP) is 3.60. The van der Waals surface area contributed by atoms with Gasteiger partial charge in [-0.1, -0.05) is 11.6 Å². The van der Waals surface area contributed by atoms with Gasteiger partial charge in [-0.25, -0.2) is 4.98 Å². The van der Waals surface area contributed by atoms with E-state index in [1.54, 1.807) is 0 Å². The van der Waals surface area contributed by atoms with Crippen molar-refractivity contribution in [3.8, 4) is 11.4 Å². The molecule has 0 N–H and O–H groups in total. The van der Waals surface area contributed by atoms with Gasteiger partial charge in [0, 0.05) is 30.0 Å². The second-order valence-corrected chi connectivity index (χ2v) is 4.81. The number of hydrogen-bond acceptors (Lipinski definition) is 2. The molecule has 90 valence electrons. The lowest BCUT2D eigenvalue weighted by Crippen LogP contribution is -1.93. The van der Waals surface area contributed by atoms with Crippen molar-refractivity contribution < 1.29 is 0 Å². The molecular weight excluding hydrogens is 246 g/mol. The molecule has 3 nitrogen and oxygen atoms in total. The van der Waals surface area contributed by atoms with Crippen molar-refractivity contribution in [1.29, 1.82) is 0 Å². The second-order valence-electron chi connectivity index (χ2n) is 4.38. The Hall–Kier alpha value is -1.87. The minimum atomic E-state index is 0.722. The lowest BCUT2D eigenvalue weighted by Gasteiger charge is -2.02. The zero-order chi connectivity index (χ0) is 12.7. The Morgan fingerprint density at radius 1 is 1.17 bits per heavy atom. The zero-order valence-electron chi connectivity index (χ0n) is 10.2. The molecule has 4 heteroatoms. The summed E-state index contributed by atoms with van der Waals surface area (Å²) in [7, 11) is 1.99. The topological polar surface area (TPSA) is 30.7 Å². The molecule has 0 aliphatic heterocycles. The van der Waals surface area contributed by atoms with Crippen LogP contribution in [0.15, 0.2) is 36.7 Å². The van der Waals surface area contributed by atoms with Crippen molar-refractivity contribution in [1.82, 2.24) is 14.5 Å². The van der Waals surface area contributed by atoms with E-state index in [0.717, 1.165) is 33.0 Å². The number of aryl methyl sites for hydroxylation is 2. The van der Waals surface area contributed by atoms with Gasteiger partial charge < -0.3 is 4.57 Å². The Kier molecular flexibility index (Phi) is 2.56. The van der Waals surface area contributed by atoms with Gasteiger partial charge in [0.1, 0.15) is 5.82 Å². The molecule has 0 amide bonds. The van der Waals surface area contributed by atoms with Gasteiger partial charge in [-0.3, -0.25) is 4.98 Å². The van der Waals surface area contributed by atoms with E-state index >= 15 is 0 Å². The van der Waals surface area contributed by atoms with Crippen molar-refractivity contribution in [3.05, 3.63) is 47.2 Å². The molecule has 18 heavy (non-hydrogen) atoms. The largest absolute Gasteiger partial charge is 0.327 e. The van der Waals surface area contributed by atoms with E-state index in [1.807, 2.05) is 49.1 Å². The number of pyridine rings is 1. The van der Waals surface area contributed by atoms with Gasteiger partial charge in [0.2, 0.25) is 0 Å². The fourth-order valence-corrected chi connectivity index (χ4v) is 2.26. The average Bonchev–Trinajstić information content (AvgIpc) is 2.67. The third-order valence-corrected chi connectivity index (χ3v) is 3.21. The molecule has 2 heterocycles. The summed E-state index contributed by atoms with van der Waals surface area (Å²) < 4.78 is 2.04. The highest BCUT2D eigenvalue weighted by molar-refractivity contribution is 6.31. The van der Waals surface area contributed by atoms with Crippen molar-refractivity contribution in [2.45, 2.75) is 6.92 Å². The molecule has 0 fully saturated rings. The number of rotatable bonds is 1. The zero-order valence-corrected chi connectivity index (χ0v) is 10.9. The van der Waals surface area contributed by atoms with E-state index in [-0.39, 0.29) is 0 Å². The van der Waals surface area contributed by atoms with Gasteiger partial charge in [-0.15, -0.1) is 0 Å². The summed E-state index contributed by atoms with van der Waals surface area (Å²) in [5, 5.41) is 0.722. The standard InChI is InChI=1S/C14H12ClN3/c1-9-5-10(8-16-7-9)14-17-12-4-3-11(15)6-13(12)18(14)2/h3-8H,1-2H3. The summed E-state index contributed by atoms with van der Waals surface area (Å²) in [6.45, 7) is 2.02. The molecule has 0 bridgehead atoms. The number of nitrogens with zero attached hydrogens (tertiary/aromatic N) is 3. The molecule has 2 aromatic heterocycles. The quantitative estimate of drug-likeness (QED) is 0.667. The molecule has 0 aliphatic rings. The van der Waals surface area contributed by atoms with Gasteiger partial charge >= 0.3 is 0 Å². The van der Waals surface area contributed by atoms with E-state index in [1.165, 1.54) is 0 Å². The Labute approximate surface area is 110 Å². The maximum absolute atomic E-state index is 6.02. The molecule has 0 saturated carbocycles. The fraction of sp³-hybridized carbons (Fsp3) is 0.143. The van der Waals surface area contributed by atoms with E-state index in [4.69, 9.17) is 11.6 Å². The Bertz CT molecular complexity index is 731. The van der Waals surface area contributed by atoms with Crippen LogP contribution >= 0.6 is 11.6 Å². The summed E-state index contributed by atoms with van der Waals surface area (Å²) in [6, 6.07) is 7.80. The first-order chi connectivity index (χ1) is 8.65.